The van der Waals surface area contributed by atoms with Crippen LogP contribution in [-0.2, 0) is 4.79 Å². The normalized spacial score (nSPS) is 14.7. The van der Waals surface area contributed by atoms with E-state index >= 15 is 0 Å². The first kappa shape index (κ1) is 19.4. The smallest absolute Gasteiger partial charge is 0.270 e. The minimum absolute atomic E-state index is 0.130. The lowest BCUT2D eigenvalue weighted by Crippen LogP contribution is -2.41. The van der Waals surface area contributed by atoms with Gasteiger partial charge in [-0.1, -0.05) is 45.8 Å². The molecule has 1 saturated heterocycles. The predicted octanol–water partition coefficient (Wildman–Crippen LogP) is 4.54. The van der Waals surface area contributed by atoms with E-state index in [4.69, 9.17) is 0 Å². The van der Waals surface area contributed by atoms with E-state index in [1.165, 1.54) is 0 Å². The number of rotatable bonds is 4. The molecule has 2 aromatic carbocycles. The molecule has 0 bridgehead atoms. The van der Waals surface area contributed by atoms with Crippen molar-refractivity contribution in [2.45, 2.75) is 26.2 Å². The molecular weight excluding hydrogens is 404 g/mol. The largest absolute Gasteiger partial charge is 0.337 e. The number of benzene rings is 2. The van der Waals surface area contributed by atoms with E-state index in [2.05, 4.69) is 21.2 Å². The summed E-state index contributed by atoms with van der Waals surface area (Å²) in [5.74, 6) is -0.406. The fraction of sp³-hybridized carbons (Fsp3) is 0.273. The van der Waals surface area contributed by atoms with Gasteiger partial charge in [0.2, 0.25) is 0 Å². The van der Waals surface area contributed by atoms with Gasteiger partial charge in [0.25, 0.3) is 11.8 Å². The molecule has 0 radical (unpaired) electrons. The molecule has 3 rings (SSSR count). The summed E-state index contributed by atoms with van der Waals surface area (Å²) in [6.45, 7) is 3.43. The van der Waals surface area contributed by atoms with Gasteiger partial charge in [-0.05, 0) is 62.1 Å². The Morgan fingerprint density at radius 2 is 1.74 bits per heavy atom. The second-order valence-electron chi connectivity index (χ2n) is 6.79. The van der Waals surface area contributed by atoms with Crippen LogP contribution in [-0.4, -0.2) is 29.8 Å². The Hall–Kier alpha value is -2.40. The quantitative estimate of drug-likeness (QED) is 0.729. The summed E-state index contributed by atoms with van der Waals surface area (Å²) < 4.78 is 0.922. The van der Waals surface area contributed by atoms with Crippen molar-refractivity contribution in [3.63, 3.8) is 0 Å². The van der Waals surface area contributed by atoms with Crippen LogP contribution in [0.25, 0.3) is 6.08 Å². The Labute approximate surface area is 168 Å². The van der Waals surface area contributed by atoms with Gasteiger partial charge in [0, 0.05) is 23.1 Å². The van der Waals surface area contributed by atoms with Gasteiger partial charge in [-0.25, -0.2) is 0 Å². The molecule has 140 valence electrons. The Balaban J connectivity index is 1.87. The number of halogens is 1. The van der Waals surface area contributed by atoms with Gasteiger partial charge in [-0.3, -0.25) is 9.59 Å². The highest BCUT2D eigenvalue weighted by atomic mass is 79.9. The molecule has 0 unspecified atom stereocenters. The van der Waals surface area contributed by atoms with Crippen molar-refractivity contribution in [1.29, 1.82) is 0 Å². The zero-order valence-corrected chi connectivity index (χ0v) is 17.0. The summed E-state index contributed by atoms with van der Waals surface area (Å²) in [5, 5.41) is 2.83. The third kappa shape index (κ3) is 5.30. The van der Waals surface area contributed by atoms with Crippen molar-refractivity contribution < 1.29 is 9.59 Å². The number of hydrogen-bond acceptors (Lipinski definition) is 2. The number of amides is 2. The van der Waals surface area contributed by atoms with Gasteiger partial charge < -0.3 is 10.2 Å². The third-order valence-electron chi connectivity index (χ3n) is 4.60. The Morgan fingerprint density at radius 1 is 1.04 bits per heavy atom. The van der Waals surface area contributed by atoms with E-state index in [1.54, 1.807) is 18.2 Å². The molecule has 1 aliphatic heterocycles. The van der Waals surface area contributed by atoms with E-state index in [1.807, 2.05) is 48.2 Å². The summed E-state index contributed by atoms with van der Waals surface area (Å²) >= 11 is 3.45. The molecule has 5 heteroatoms. The monoisotopic (exact) mass is 426 g/mol. The lowest BCUT2D eigenvalue weighted by molar-refractivity contribution is -0.128. The molecule has 1 aliphatic rings. The number of nitrogens with one attached hydrogen (secondary N) is 1. The summed E-state index contributed by atoms with van der Waals surface area (Å²) in [7, 11) is 0. The second kappa shape index (κ2) is 9.00. The van der Waals surface area contributed by atoms with E-state index in [0.29, 0.717) is 11.3 Å². The maximum Gasteiger partial charge on any atom is 0.270 e. The van der Waals surface area contributed by atoms with Gasteiger partial charge in [0.15, 0.2) is 0 Å². The lowest BCUT2D eigenvalue weighted by Gasteiger charge is -2.27. The number of likely N-dealkylation sites (tertiary alicyclic amines) is 1. The molecule has 2 aromatic rings. The standard InChI is InChI=1S/C22H23BrN2O2/c1-16-8-10-18(11-9-16)21(26)24-20(15-17-6-5-7-19(23)14-17)22(27)25-12-3-2-4-13-25/h5-11,14-15H,2-4,12-13H2,1H3,(H,24,26)/b20-15-. The first-order valence-electron chi connectivity index (χ1n) is 9.17. The first-order chi connectivity index (χ1) is 13.0. The van der Waals surface area contributed by atoms with Crippen molar-refractivity contribution in [3.8, 4) is 0 Å². The summed E-state index contributed by atoms with van der Waals surface area (Å²) in [6.07, 6.45) is 4.89. The Kier molecular flexibility index (Phi) is 6.45. The van der Waals surface area contributed by atoms with Gasteiger partial charge in [0.05, 0.1) is 0 Å². The number of aryl methyl sites for hydroxylation is 1. The molecule has 27 heavy (non-hydrogen) atoms. The maximum atomic E-state index is 13.0. The fourth-order valence-electron chi connectivity index (χ4n) is 3.08. The Morgan fingerprint density at radius 3 is 2.41 bits per heavy atom. The van der Waals surface area contributed by atoms with Gasteiger partial charge in [-0.2, -0.15) is 0 Å². The van der Waals surface area contributed by atoms with Crippen LogP contribution in [0.2, 0.25) is 0 Å². The molecule has 0 spiro atoms. The van der Waals surface area contributed by atoms with E-state index in [-0.39, 0.29) is 11.8 Å². The fourth-order valence-corrected chi connectivity index (χ4v) is 3.50. The summed E-state index contributed by atoms with van der Waals surface area (Å²) in [4.78, 5) is 27.5. The molecule has 0 saturated carbocycles. The van der Waals surface area contributed by atoms with Gasteiger partial charge >= 0.3 is 0 Å². The molecule has 4 nitrogen and oxygen atoms in total. The highest BCUT2D eigenvalue weighted by molar-refractivity contribution is 9.10. The SMILES string of the molecule is Cc1ccc(C(=O)N/C(=C\c2cccc(Br)c2)C(=O)N2CCCCC2)cc1. The van der Waals surface area contributed by atoms with Crippen LogP contribution in [0.3, 0.4) is 0 Å². The topological polar surface area (TPSA) is 49.4 Å². The minimum Gasteiger partial charge on any atom is -0.337 e. The van der Waals surface area contributed by atoms with Crippen LogP contribution in [0.4, 0.5) is 0 Å². The molecular formula is C22H23BrN2O2. The van der Waals surface area contributed by atoms with Crippen LogP contribution in [0.5, 0.6) is 0 Å². The molecule has 2 amide bonds. The Bertz CT molecular complexity index is 853. The minimum atomic E-state index is -0.276. The van der Waals surface area contributed by atoms with Crippen molar-refractivity contribution >= 4 is 33.8 Å². The molecule has 0 aliphatic carbocycles. The van der Waals surface area contributed by atoms with Crippen LogP contribution in [0.1, 0.15) is 40.7 Å². The molecule has 1 fully saturated rings. The van der Waals surface area contributed by atoms with Crippen molar-refractivity contribution in [2.75, 3.05) is 13.1 Å². The number of piperidine rings is 1. The lowest BCUT2D eigenvalue weighted by atomic mass is 10.1. The summed E-state index contributed by atoms with van der Waals surface area (Å²) in [6, 6.07) is 15.0. The zero-order valence-electron chi connectivity index (χ0n) is 15.4. The predicted molar refractivity (Wildman–Crippen MR) is 111 cm³/mol. The average molecular weight is 427 g/mol. The van der Waals surface area contributed by atoms with Crippen molar-refractivity contribution in [1.82, 2.24) is 10.2 Å². The van der Waals surface area contributed by atoms with Gasteiger partial charge in [-0.15, -0.1) is 0 Å². The first-order valence-corrected chi connectivity index (χ1v) is 9.97. The molecule has 0 atom stereocenters. The zero-order chi connectivity index (χ0) is 19.2. The van der Waals surface area contributed by atoms with Crippen molar-refractivity contribution in [3.05, 3.63) is 75.4 Å². The van der Waals surface area contributed by atoms with Crippen LogP contribution in [0.15, 0.2) is 58.7 Å². The molecule has 1 heterocycles. The van der Waals surface area contributed by atoms with Crippen LogP contribution in [0, 0.1) is 6.92 Å². The number of carbonyl (C=O) groups excluding carboxylic acids is 2. The summed E-state index contributed by atoms with van der Waals surface area (Å²) in [5.41, 5.74) is 2.78. The molecule has 0 aromatic heterocycles. The maximum absolute atomic E-state index is 13.0. The average Bonchev–Trinajstić information content (AvgIpc) is 2.68. The number of carbonyl (C=O) groups is 2. The number of nitrogens with zero attached hydrogens (tertiary/aromatic N) is 1. The number of hydrogen-bond donors (Lipinski definition) is 1. The van der Waals surface area contributed by atoms with E-state index in [9.17, 15) is 9.59 Å². The second-order valence-corrected chi connectivity index (χ2v) is 7.70. The van der Waals surface area contributed by atoms with Crippen LogP contribution < -0.4 is 5.32 Å². The third-order valence-corrected chi connectivity index (χ3v) is 5.09. The van der Waals surface area contributed by atoms with E-state index in [0.717, 1.165) is 48.0 Å². The highest BCUT2D eigenvalue weighted by Gasteiger charge is 2.22. The highest BCUT2D eigenvalue weighted by Crippen LogP contribution is 2.17. The van der Waals surface area contributed by atoms with Gasteiger partial charge in [0.1, 0.15) is 5.70 Å². The van der Waals surface area contributed by atoms with E-state index < -0.39 is 0 Å². The van der Waals surface area contributed by atoms with Crippen LogP contribution >= 0.6 is 15.9 Å². The van der Waals surface area contributed by atoms with Crippen molar-refractivity contribution in [2.24, 2.45) is 0 Å². The molecule has 1 N–H and O–H groups in total.